The zero-order chi connectivity index (χ0) is 18.1. The molecule has 1 saturated heterocycles. The van der Waals surface area contributed by atoms with Crippen LogP contribution in [-0.2, 0) is 4.74 Å². The van der Waals surface area contributed by atoms with E-state index in [1.165, 1.54) is 0 Å². The van der Waals surface area contributed by atoms with Crippen LogP contribution in [0.5, 0.6) is 0 Å². The number of hydrogen-bond acceptors (Lipinski definition) is 6. The number of aromatic nitrogens is 4. The molecule has 2 aromatic heterocycles. The van der Waals surface area contributed by atoms with Gasteiger partial charge in [0.05, 0.1) is 18.8 Å². The summed E-state index contributed by atoms with van der Waals surface area (Å²) in [7, 11) is 3.90. The smallest absolute Gasteiger partial charge is 0.254 e. The predicted molar refractivity (Wildman–Crippen MR) is 97.0 cm³/mol. The molecular formula is C18H20N6O2. The first-order valence-corrected chi connectivity index (χ1v) is 8.47. The van der Waals surface area contributed by atoms with Crippen LogP contribution >= 0.6 is 0 Å². The number of fused-ring (bicyclic) bond motifs is 1. The highest BCUT2D eigenvalue weighted by molar-refractivity contribution is 5.97. The minimum Gasteiger partial charge on any atom is -0.368 e. The number of carbonyl (C=O) groups is 1. The zero-order valence-corrected chi connectivity index (χ0v) is 14.7. The van der Waals surface area contributed by atoms with Gasteiger partial charge in [0.2, 0.25) is 0 Å². The molecular weight excluding hydrogens is 332 g/mol. The van der Waals surface area contributed by atoms with Gasteiger partial charge in [0.15, 0.2) is 0 Å². The van der Waals surface area contributed by atoms with Gasteiger partial charge < -0.3 is 14.5 Å². The maximum absolute atomic E-state index is 12.9. The lowest BCUT2D eigenvalue weighted by Gasteiger charge is -2.33. The van der Waals surface area contributed by atoms with E-state index in [1.807, 2.05) is 37.2 Å². The van der Waals surface area contributed by atoms with Crippen molar-refractivity contribution in [2.45, 2.75) is 6.10 Å². The first kappa shape index (κ1) is 16.5. The summed E-state index contributed by atoms with van der Waals surface area (Å²) in [5.41, 5.74) is 2.86. The standard InChI is InChI=1S/C18H20N6O2/c1-23(2)17-5-3-4-14(19-17)16-11-24(8-9-26-16)18(25)12-6-7-13-15(10-12)21-22-20-13/h3-7,10,16H,8-9,11H2,1-2H3,(H,20,21,22). The van der Waals surface area contributed by atoms with Gasteiger partial charge in [-0.15, -0.1) is 0 Å². The number of hydrogen-bond donors (Lipinski definition) is 1. The molecule has 1 aromatic carbocycles. The van der Waals surface area contributed by atoms with E-state index in [2.05, 4.69) is 20.4 Å². The molecule has 3 aromatic rings. The van der Waals surface area contributed by atoms with Crippen molar-refractivity contribution in [1.29, 1.82) is 0 Å². The van der Waals surface area contributed by atoms with E-state index < -0.39 is 0 Å². The van der Waals surface area contributed by atoms with Crippen molar-refractivity contribution in [3.63, 3.8) is 0 Å². The molecule has 1 unspecified atom stereocenters. The third-order valence-corrected chi connectivity index (χ3v) is 4.46. The fourth-order valence-corrected chi connectivity index (χ4v) is 3.04. The van der Waals surface area contributed by atoms with Gasteiger partial charge >= 0.3 is 0 Å². The molecule has 1 amide bonds. The number of amides is 1. The topological polar surface area (TPSA) is 87.2 Å². The Morgan fingerprint density at radius 3 is 2.92 bits per heavy atom. The molecule has 1 fully saturated rings. The van der Waals surface area contributed by atoms with Gasteiger partial charge in [-0.1, -0.05) is 6.07 Å². The van der Waals surface area contributed by atoms with E-state index in [0.29, 0.717) is 30.8 Å². The van der Waals surface area contributed by atoms with E-state index in [9.17, 15) is 4.79 Å². The van der Waals surface area contributed by atoms with Crippen LogP contribution in [0.3, 0.4) is 0 Å². The summed E-state index contributed by atoms with van der Waals surface area (Å²) in [5, 5.41) is 10.6. The maximum atomic E-state index is 12.9. The molecule has 1 aliphatic heterocycles. The van der Waals surface area contributed by atoms with Gasteiger partial charge in [0.25, 0.3) is 5.91 Å². The Hall–Kier alpha value is -3.00. The first-order valence-electron chi connectivity index (χ1n) is 8.47. The second-order valence-electron chi connectivity index (χ2n) is 6.45. The van der Waals surface area contributed by atoms with Crippen molar-refractivity contribution in [3.05, 3.63) is 47.7 Å². The molecule has 4 rings (SSSR count). The number of aromatic amines is 1. The summed E-state index contributed by atoms with van der Waals surface area (Å²) >= 11 is 0. The van der Waals surface area contributed by atoms with Crippen LogP contribution in [0.2, 0.25) is 0 Å². The van der Waals surface area contributed by atoms with E-state index in [-0.39, 0.29) is 12.0 Å². The fourth-order valence-electron chi connectivity index (χ4n) is 3.04. The second kappa shape index (κ2) is 6.72. The minimum atomic E-state index is -0.233. The number of rotatable bonds is 3. The van der Waals surface area contributed by atoms with Crippen molar-refractivity contribution in [1.82, 2.24) is 25.3 Å². The molecule has 1 N–H and O–H groups in total. The maximum Gasteiger partial charge on any atom is 0.254 e. The molecule has 8 heteroatoms. The Morgan fingerprint density at radius 2 is 2.08 bits per heavy atom. The highest BCUT2D eigenvalue weighted by Gasteiger charge is 2.27. The lowest BCUT2D eigenvalue weighted by molar-refractivity contribution is -0.0246. The van der Waals surface area contributed by atoms with Crippen molar-refractivity contribution in [2.24, 2.45) is 0 Å². The molecule has 0 aliphatic carbocycles. The minimum absolute atomic E-state index is 0.0352. The number of anilines is 1. The molecule has 3 heterocycles. The van der Waals surface area contributed by atoms with Crippen molar-refractivity contribution < 1.29 is 9.53 Å². The molecule has 0 spiro atoms. The molecule has 134 valence electrons. The SMILES string of the molecule is CN(C)c1cccc(C2CN(C(=O)c3ccc4n[nH]nc4c3)CCO2)n1. The number of benzene rings is 1. The van der Waals surface area contributed by atoms with Crippen LogP contribution in [0, 0.1) is 0 Å². The van der Waals surface area contributed by atoms with Gasteiger partial charge in [0, 0.05) is 26.2 Å². The van der Waals surface area contributed by atoms with Gasteiger partial charge in [-0.05, 0) is 30.3 Å². The average Bonchev–Trinajstić information content (AvgIpc) is 3.15. The summed E-state index contributed by atoms with van der Waals surface area (Å²) in [6, 6.07) is 11.2. The van der Waals surface area contributed by atoms with Crippen molar-refractivity contribution >= 4 is 22.8 Å². The summed E-state index contributed by atoms with van der Waals surface area (Å²) in [6.07, 6.45) is -0.233. The number of nitrogens with one attached hydrogen (secondary N) is 1. The van der Waals surface area contributed by atoms with E-state index in [0.717, 1.165) is 17.0 Å². The Kier molecular flexibility index (Phi) is 4.26. The highest BCUT2D eigenvalue weighted by atomic mass is 16.5. The van der Waals surface area contributed by atoms with Crippen LogP contribution in [0.25, 0.3) is 11.0 Å². The van der Waals surface area contributed by atoms with E-state index >= 15 is 0 Å². The second-order valence-corrected chi connectivity index (χ2v) is 6.45. The van der Waals surface area contributed by atoms with Crippen molar-refractivity contribution in [2.75, 3.05) is 38.7 Å². The van der Waals surface area contributed by atoms with Gasteiger partial charge in [-0.3, -0.25) is 4.79 Å². The summed E-state index contributed by atoms with van der Waals surface area (Å²) in [5.74, 6) is 0.831. The first-order chi connectivity index (χ1) is 12.6. The van der Waals surface area contributed by atoms with E-state index in [1.54, 1.807) is 23.1 Å². The molecule has 1 aliphatic rings. The molecule has 0 saturated carbocycles. The molecule has 26 heavy (non-hydrogen) atoms. The normalized spacial score (nSPS) is 17.5. The largest absolute Gasteiger partial charge is 0.368 e. The zero-order valence-electron chi connectivity index (χ0n) is 14.7. The molecule has 0 radical (unpaired) electrons. The average molecular weight is 352 g/mol. The van der Waals surface area contributed by atoms with Crippen LogP contribution in [0.15, 0.2) is 36.4 Å². The third kappa shape index (κ3) is 3.11. The van der Waals surface area contributed by atoms with Gasteiger partial charge in [-0.25, -0.2) is 4.98 Å². The summed E-state index contributed by atoms with van der Waals surface area (Å²) in [4.78, 5) is 21.3. The van der Waals surface area contributed by atoms with Crippen LogP contribution in [0.1, 0.15) is 22.2 Å². The number of carbonyl (C=O) groups excluding carboxylic acids is 1. The van der Waals surface area contributed by atoms with E-state index in [4.69, 9.17) is 4.74 Å². The monoisotopic (exact) mass is 352 g/mol. The molecule has 8 nitrogen and oxygen atoms in total. The number of nitrogens with zero attached hydrogens (tertiary/aromatic N) is 5. The Balaban J connectivity index is 1.54. The quantitative estimate of drug-likeness (QED) is 0.771. The Bertz CT molecular complexity index is 938. The lowest BCUT2D eigenvalue weighted by Crippen LogP contribution is -2.42. The van der Waals surface area contributed by atoms with Crippen LogP contribution in [0.4, 0.5) is 5.82 Å². The summed E-state index contributed by atoms with van der Waals surface area (Å²) < 4.78 is 5.87. The number of H-pyrrole nitrogens is 1. The lowest BCUT2D eigenvalue weighted by atomic mass is 10.1. The Labute approximate surface area is 150 Å². The Morgan fingerprint density at radius 1 is 1.23 bits per heavy atom. The molecule has 0 bridgehead atoms. The predicted octanol–water partition coefficient (Wildman–Crippen LogP) is 1.63. The van der Waals surface area contributed by atoms with Gasteiger partial charge in [-0.2, -0.15) is 15.4 Å². The van der Waals surface area contributed by atoms with Crippen LogP contribution < -0.4 is 4.90 Å². The summed E-state index contributed by atoms with van der Waals surface area (Å²) in [6.45, 7) is 1.51. The fraction of sp³-hybridized carbons (Fsp3) is 0.333. The highest BCUT2D eigenvalue weighted by Crippen LogP contribution is 2.24. The molecule has 1 atom stereocenters. The van der Waals surface area contributed by atoms with Crippen molar-refractivity contribution in [3.8, 4) is 0 Å². The number of pyridine rings is 1. The third-order valence-electron chi connectivity index (χ3n) is 4.46. The number of morpholine rings is 1. The van der Waals surface area contributed by atoms with Gasteiger partial charge in [0.1, 0.15) is 23.0 Å². The van der Waals surface area contributed by atoms with Crippen LogP contribution in [-0.4, -0.2) is 65.0 Å². The number of ether oxygens (including phenoxy) is 1.